The lowest BCUT2D eigenvalue weighted by molar-refractivity contribution is 0.201. The molecule has 0 atom stereocenters. The number of benzene rings is 1. The molecule has 0 aliphatic carbocycles. The van der Waals surface area contributed by atoms with Crippen molar-refractivity contribution in [3.05, 3.63) is 35.4 Å². The highest BCUT2D eigenvalue weighted by atomic mass is 32.1. The van der Waals surface area contributed by atoms with Gasteiger partial charge in [-0.15, -0.1) is 12.6 Å². The highest BCUT2D eigenvalue weighted by molar-refractivity contribution is 7.80. The number of rotatable bonds is 5. The Hall–Kier alpha value is -2.74. The van der Waals surface area contributed by atoms with Gasteiger partial charge in [0.1, 0.15) is 40.9 Å². The van der Waals surface area contributed by atoms with E-state index in [1.54, 1.807) is 24.3 Å². The fourth-order valence-corrected chi connectivity index (χ4v) is 2.96. The Balaban J connectivity index is 2.12. The highest BCUT2D eigenvalue weighted by Crippen LogP contribution is 2.37. The van der Waals surface area contributed by atoms with Crippen LogP contribution in [0, 0.1) is 22.7 Å². The molecule has 2 aromatic rings. The third-order valence-electron chi connectivity index (χ3n) is 4.04. The summed E-state index contributed by atoms with van der Waals surface area (Å²) in [6.07, 6.45) is 1.06. The number of hydrogen-bond acceptors (Lipinski definition) is 7. The van der Waals surface area contributed by atoms with Gasteiger partial charge in [-0.05, 0) is 24.1 Å². The van der Waals surface area contributed by atoms with E-state index in [-0.39, 0.29) is 18.8 Å². The average Bonchev–Trinajstić information content (AvgIpc) is 2.58. The molecule has 1 fully saturated rings. The molecule has 0 amide bonds. The second kappa shape index (κ2) is 7.43. The summed E-state index contributed by atoms with van der Waals surface area (Å²) in [5.74, 6) is 1.19. The first-order chi connectivity index (χ1) is 12.2. The van der Waals surface area contributed by atoms with Crippen molar-refractivity contribution in [3.8, 4) is 29.0 Å². The normalized spacial score (nSPS) is 12.9. The Morgan fingerprint density at radius 3 is 2.36 bits per heavy atom. The summed E-state index contributed by atoms with van der Waals surface area (Å²) in [4.78, 5) is 6.39. The van der Waals surface area contributed by atoms with Crippen LogP contribution in [0.4, 0.5) is 5.82 Å². The maximum Gasteiger partial charge on any atom is 0.148 e. The van der Waals surface area contributed by atoms with Gasteiger partial charge in [0.25, 0.3) is 0 Å². The molecule has 1 aliphatic heterocycles. The van der Waals surface area contributed by atoms with E-state index >= 15 is 0 Å². The Morgan fingerprint density at radius 2 is 1.84 bits per heavy atom. The zero-order valence-electron chi connectivity index (χ0n) is 13.4. The lowest BCUT2D eigenvalue weighted by atomic mass is 9.96. The molecular weight excluding hydrogens is 336 g/mol. The largest absolute Gasteiger partial charge is 0.491 e. The van der Waals surface area contributed by atoms with Crippen LogP contribution in [0.5, 0.6) is 5.75 Å². The molecule has 25 heavy (non-hydrogen) atoms. The maximum atomic E-state index is 9.71. The summed E-state index contributed by atoms with van der Waals surface area (Å²) in [6, 6.07) is 11.4. The first-order valence-corrected chi connectivity index (χ1v) is 8.30. The number of hydrogen-bond donors (Lipinski definition) is 2. The van der Waals surface area contributed by atoms with E-state index in [9.17, 15) is 10.5 Å². The molecule has 7 heteroatoms. The summed E-state index contributed by atoms with van der Waals surface area (Å²) in [5.41, 5.74) is 1.94. The van der Waals surface area contributed by atoms with E-state index in [1.807, 2.05) is 4.90 Å². The molecule has 126 valence electrons. The summed E-state index contributed by atoms with van der Waals surface area (Å²) in [6.45, 7) is 1.83. The Labute approximate surface area is 151 Å². The SMILES string of the molecule is N#Cc1c(S)nc(N2CCC2)c(C#N)c1-c1ccc(OCCO)cc1. The zero-order valence-corrected chi connectivity index (χ0v) is 14.3. The van der Waals surface area contributed by atoms with E-state index < -0.39 is 0 Å². The minimum atomic E-state index is -0.0640. The quantitative estimate of drug-likeness (QED) is 0.803. The van der Waals surface area contributed by atoms with Crippen molar-refractivity contribution in [3.63, 3.8) is 0 Å². The molecule has 0 radical (unpaired) electrons. The molecule has 1 aromatic carbocycles. The summed E-state index contributed by atoms with van der Waals surface area (Å²) in [7, 11) is 0. The van der Waals surface area contributed by atoms with Gasteiger partial charge in [0.05, 0.1) is 12.2 Å². The monoisotopic (exact) mass is 352 g/mol. The summed E-state index contributed by atoms with van der Waals surface area (Å²) >= 11 is 4.36. The second-order valence-corrected chi connectivity index (χ2v) is 5.97. The van der Waals surface area contributed by atoms with Crippen LogP contribution in [0.3, 0.4) is 0 Å². The van der Waals surface area contributed by atoms with Gasteiger partial charge >= 0.3 is 0 Å². The van der Waals surface area contributed by atoms with Gasteiger partial charge in [-0.1, -0.05) is 12.1 Å². The lowest BCUT2D eigenvalue weighted by Crippen LogP contribution is -2.38. The lowest BCUT2D eigenvalue weighted by Gasteiger charge is -2.33. The average molecular weight is 352 g/mol. The molecule has 0 spiro atoms. The number of anilines is 1. The van der Waals surface area contributed by atoms with Gasteiger partial charge in [0, 0.05) is 18.7 Å². The van der Waals surface area contributed by atoms with Gasteiger partial charge < -0.3 is 14.7 Å². The van der Waals surface area contributed by atoms with Crippen molar-refractivity contribution >= 4 is 18.4 Å². The van der Waals surface area contributed by atoms with Crippen molar-refractivity contribution in [2.24, 2.45) is 0 Å². The third-order valence-corrected chi connectivity index (χ3v) is 4.36. The summed E-state index contributed by atoms with van der Waals surface area (Å²) in [5, 5.41) is 28.4. The van der Waals surface area contributed by atoms with Crippen LogP contribution in [0.2, 0.25) is 0 Å². The number of nitriles is 2. The van der Waals surface area contributed by atoms with Crippen molar-refractivity contribution in [2.45, 2.75) is 11.4 Å². The van der Waals surface area contributed by atoms with E-state index in [0.29, 0.717) is 27.7 Å². The molecule has 1 saturated heterocycles. The molecular formula is C18H16N4O2S. The first-order valence-electron chi connectivity index (χ1n) is 7.85. The maximum absolute atomic E-state index is 9.71. The van der Waals surface area contributed by atoms with Gasteiger partial charge in [-0.3, -0.25) is 0 Å². The van der Waals surface area contributed by atoms with E-state index in [0.717, 1.165) is 25.1 Å². The van der Waals surface area contributed by atoms with Crippen LogP contribution in [0.25, 0.3) is 11.1 Å². The molecule has 1 aromatic heterocycles. The number of pyridine rings is 1. The topological polar surface area (TPSA) is 93.2 Å². The van der Waals surface area contributed by atoms with Crippen molar-refractivity contribution < 1.29 is 9.84 Å². The number of aliphatic hydroxyl groups excluding tert-OH is 1. The third kappa shape index (κ3) is 3.25. The van der Waals surface area contributed by atoms with E-state index in [4.69, 9.17) is 9.84 Å². The number of thiol groups is 1. The standard InChI is InChI=1S/C18H16N4O2S/c19-10-14-16(12-2-4-13(5-3-12)24-9-8-23)15(11-20)18(25)21-17(14)22-6-1-7-22/h2-5,23H,1,6-9H2,(H,21,25). The molecule has 0 saturated carbocycles. The van der Waals surface area contributed by atoms with Crippen LogP contribution in [0.15, 0.2) is 29.3 Å². The highest BCUT2D eigenvalue weighted by Gasteiger charge is 2.26. The smallest absolute Gasteiger partial charge is 0.148 e. The fourth-order valence-electron chi connectivity index (χ4n) is 2.70. The van der Waals surface area contributed by atoms with Crippen LogP contribution in [-0.2, 0) is 0 Å². The van der Waals surface area contributed by atoms with Crippen LogP contribution >= 0.6 is 12.6 Å². The number of ether oxygens (including phenoxy) is 1. The number of aliphatic hydroxyl groups is 1. The molecule has 6 nitrogen and oxygen atoms in total. The summed E-state index contributed by atoms with van der Waals surface area (Å²) < 4.78 is 5.36. The van der Waals surface area contributed by atoms with Gasteiger partial charge in [0.15, 0.2) is 0 Å². The second-order valence-electron chi connectivity index (χ2n) is 5.54. The molecule has 2 heterocycles. The van der Waals surface area contributed by atoms with Crippen molar-refractivity contribution in [1.29, 1.82) is 10.5 Å². The van der Waals surface area contributed by atoms with Gasteiger partial charge in [-0.25, -0.2) is 4.98 Å². The Kier molecular flexibility index (Phi) is 5.08. The molecule has 0 bridgehead atoms. The van der Waals surface area contributed by atoms with E-state index in [1.165, 1.54) is 0 Å². The predicted octanol–water partition coefficient (Wildman–Crippen LogP) is 2.36. The van der Waals surface area contributed by atoms with Crippen LogP contribution in [-0.4, -0.2) is 36.4 Å². The number of aromatic nitrogens is 1. The predicted molar refractivity (Wildman–Crippen MR) is 95.8 cm³/mol. The van der Waals surface area contributed by atoms with E-state index in [2.05, 4.69) is 29.8 Å². The van der Waals surface area contributed by atoms with Gasteiger partial charge in [-0.2, -0.15) is 10.5 Å². The van der Waals surface area contributed by atoms with Crippen molar-refractivity contribution in [1.82, 2.24) is 4.98 Å². The molecule has 1 aliphatic rings. The fraction of sp³-hybridized carbons (Fsp3) is 0.278. The first kappa shape index (κ1) is 17.1. The number of nitrogens with zero attached hydrogens (tertiary/aromatic N) is 4. The minimum Gasteiger partial charge on any atom is -0.491 e. The van der Waals surface area contributed by atoms with Crippen LogP contribution < -0.4 is 9.64 Å². The molecule has 0 unspecified atom stereocenters. The Bertz CT molecular complexity index is 865. The van der Waals surface area contributed by atoms with Crippen LogP contribution in [0.1, 0.15) is 17.5 Å². The Morgan fingerprint density at radius 1 is 1.16 bits per heavy atom. The minimum absolute atomic E-state index is 0.0640. The van der Waals surface area contributed by atoms with Crippen molar-refractivity contribution in [2.75, 3.05) is 31.2 Å². The molecule has 3 rings (SSSR count). The van der Waals surface area contributed by atoms with Gasteiger partial charge in [0.2, 0.25) is 0 Å². The zero-order chi connectivity index (χ0) is 17.8. The molecule has 1 N–H and O–H groups in total.